The number of aromatic nitrogens is 1. The summed E-state index contributed by atoms with van der Waals surface area (Å²) in [5.41, 5.74) is 4.99. The number of primary amides is 1. The smallest absolute Gasteiger partial charge is 0.250 e. The van der Waals surface area contributed by atoms with Crippen molar-refractivity contribution in [2.45, 2.75) is 5.37 Å². The molecular formula is C6H8N2OS. The van der Waals surface area contributed by atoms with Crippen LogP contribution in [0.3, 0.4) is 0 Å². The van der Waals surface area contributed by atoms with Gasteiger partial charge >= 0.3 is 0 Å². The van der Waals surface area contributed by atoms with Gasteiger partial charge in [0, 0.05) is 12.4 Å². The zero-order chi connectivity index (χ0) is 7.56. The first-order valence-electron chi connectivity index (χ1n) is 2.81. The molecule has 0 bridgehead atoms. The number of carbonyl (C=O) groups excluding carboxylic acids is 1. The summed E-state index contributed by atoms with van der Waals surface area (Å²) >= 11 is 3.97. The molecule has 4 heteroatoms. The molecule has 0 saturated carbocycles. The molecule has 0 saturated heterocycles. The van der Waals surface area contributed by atoms with Crippen LogP contribution in [-0.4, -0.2) is 10.5 Å². The van der Waals surface area contributed by atoms with Crippen molar-refractivity contribution in [2.75, 3.05) is 0 Å². The molecule has 1 heterocycles. The second-order valence-electron chi connectivity index (χ2n) is 1.91. The van der Waals surface area contributed by atoms with Crippen LogP contribution in [0.2, 0.25) is 0 Å². The number of hydrogen-bond donors (Lipinski definition) is 2. The van der Waals surface area contributed by atoms with Crippen LogP contribution in [0.5, 0.6) is 0 Å². The van der Waals surface area contributed by atoms with Gasteiger partial charge in [-0.2, -0.15) is 0 Å². The highest BCUT2D eigenvalue weighted by Crippen LogP contribution is 2.09. The molecule has 0 aliphatic heterocycles. The van der Waals surface area contributed by atoms with Gasteiger partial charge in [0.05, 0.1) is 0 Å². The average Bonchev–Trinajstić information content (AvgIpc) is 2.36. The molecule has 1 aromatic rings. The first-order chi connectivity index (χ1) is 4.72. The normalized spacial score (nSPS) is 12.9. The van der Waals surface area contributed by atoms with E-state index in [0.717, 1.165) is 0 Å². The zero-order valence-corrected chi connectivity index (χ0v) is 6.16. The van der Waals surface area contributed by atoms with E-state index in [2.05, 4.69) is 12.6 Å². The lowest BCUT2D eigenvalue weighted by Crippen LogP contribution is -2.21. The second kappa shape index (κ2) is 2.79. The van der Waals surface area contributed by atoms with Crippen LogP contribution in [0.25, 0.3) is 0 Å². The fraction of sp³-hybridized carbons (Fsp3) is 0.167. The SMILES string of the molecule is NC(=O)C(S)n1cccc1. The van der Waals surface area contributed by atoms with Gasteiger partial charge in [0.25, 0.3) is 5.91 Å². The average molecular weight is 156 g/mol. The van der Waals surface area contributed by atoms with Gasteiger partial charge in [-0.3, -0.25) is 4.79 Å². The van der Waals surface area contributed by atoms with Crippen molar-refractivity contribution in [1.29, 1.82) is 0 Å². The molecule has 1 rings (SSSR count). The van der Waals surface area contributed by atoms with E-state index in [0.29, 0.717) is 0 Å². The number of thiol groups is 1. The predicted octanol–water partition coefficient (Wildman–Crippen LogP) is 0.402. The van der Waals surface area contributed by atoms with Gasteiger partial charge in [-0.1, -0.05) is 0 Å². The molecule has 2 N–H and O–H groups in total. The number of nitrogens with two attached hydrogens (primary N) is 1. The van der Waals surface area contributed by atoms with Crippen LogP contribution >= 0.6 is 12.6 Å². The molecule has 0 fully saturated rings. The third-order valence-corrected chi connectivity index (χ3v) is 1.69. The van der Waals surface area contributed by atoms with Crippen molar-refractivity contribution in [1.82, 2.24) is 4.57 Å². The molecule has 0 aliphatic carbocycles. The van der Waals surface area contributed by atoms with Crippen molar-refractivity contribution in [3.63, 3.8) is 0 Å². The molecule has 0 aliphatic rings. The Morgan fingerprint density at radius 3 is 2.40 bits per heavy atom. The molecule has 1 aromatic heterocycles. The first kappa shape index (κ1) is 7.21. The van der Waals surface area contributed by atoms with Crippen LogP contribution in [0.15, 0.2) is 24.5 Å². The Morgan fingerprint density at radius 1 is 1.50 bits per heavy atom. The van der Waals surface area contributed by atoms with E-state index in [9.17, 15) is 4.79 Å². The number of rotatable bonds is 2. The maximum Gasteiger partial charge on any atom is 0.250 e. The minimum absolute atomic E-state index is 0.445. The van der Waals surface area contributed by atoms with E-state index < -0.39 is 11.3 Å². The third-order valence-electron chi connectivity index (χ3n) is 1.16. The van der Waals surface area contributed by atoms with E-state index in [-0.39, 0.29) is 0 Å². The second-order valence-corrected chi connectivity index (χ2v) is 2.40. The van der Waals surface area contributed by atoms with E-state index in [1.54, 1.807) is 17.0 Å². The zero-order valence-electron chi connectivity index (χ0n) is 5.27. The summed E-state index contributed by atoms with van der Waals surface area (Å²) in [7, 11) is 0. The Balaban J connectivity index is 2.77. The largest absolute Gasteiger partial charge is 0.367 e. The topological polar surface area (TPSA) is 48.0 Å². The Hall–Kier alpha value is -0.900. The van der Waals surface area contributed by atoms with Crippen molar-refractivity contribution in [2.24, 2.45) is 5.73 Å². The van der Waals surface area contributed by atoms with Crippen molar-refractivity contribution >= 4 is 18.5 Å². The summed E-state index contributed by atoms with van der Waals surface area (Å²) < 4.78 is 1.63. The van der Waals surface area contributed by atoms with Crippen molar-refractivity contribution in [3.05, 3.63) is 24.5 Å². The van der Waals surface area contributed by atoms with Crippen LogP contribution < -0.4 is 5.73 Å². The number of hydrogen-bond acceptors (Lipinski definition) is 2. The maximum atomic E-state index is 10.5. The van der Waals surface area contributed by atoms with E-state index in [4.69, 9.17) is 5.73 Å². The third kappa shape index (κ3) is 1.33. The quantitative estimate of drug-likeness (QED) is 0.598. The van der Waals surface area contributed by atoms with Gasteiger partial charge in [-0.25, -0.2) is 0 Å². The summed E-state index contributed by atoms with van der Waals surface area (Å²) in [6, 6.07) is 3.62. The molecule has 1 amide bonds. The number of carbonyl (C=O) groups is 1. The molecular weight excluding hydrogens is 148 g/mol. The lowest BCUT2D eigenvalue weighted by molar-refractivity contribution is -0.118. The van der Waals surface area contributed by atoms with Gasteiger partial charge in [0.2, 0.25) is 0 Å². The Bertz CT molecular complexity index is 220. The summed E-state index contributed by atoms with van der Waals surface area (Å²) in [4.78, 5) is 10.5. The van der Waals surface area contributed by atoms with Gasteiger partial charge in [0.1, 0.15) is 0 Å². The number of nitrogens with zero attached hydrogens (tertiary/aromatic N) is 1. The molecule has 54 valence electrons. The van der Waals surface area contributed by atoms with Crippen LogP contribution in [0, 0.1) is 0 Å². The molecule has 0 spiro atoms. The highest BCUT2D eigenvalue weighted by molar-refractivity contribution is 7.81. The lowest BCUT2D eigenvalue weighted by Gasteiger charge is -2.06. The van der Waals surface area contributed by atoms with Crippen molar-refractivity contribution < 1.29 is 4.79 Å². The van der Waals surface area contributed by atoms with Gasteiger partial charge in [0.15, 0.2) is 5.37 Å². The first-order valence-corrected chi connectivity index (χ1v) is 3.33. The fourth-order valence-electron chi connectivity index (χ4n) is 0.658. The van der Waals surface area contributed by atoms with Gasteiger partial charge in [-0.15, -0.1) is 12.6 Å². The highest BCUT2D eigenvalue weighted by atomic mass is 32.1. The summed E-state index contributed by atoms with van der Waals surface area (Å²) in [5.74, 6) is -0.445. The summed E-state index contributed by atoms with van der Waals surface area (Å²) in [5, 5.41) is -0.546. The Labute approximate surface area is 64.2 Å². The maximum absolute atomic E-state index is 10.5. The van der Waals surface area contributed by atoms with Crippen LogP contribution in [0.4, 0.5) is 0 Å². The monoisotopic (exact) mass is 156 g/mol. The predicted molar refractivity (Wildman–Crippen MR) is 41.6 cm³/mol. The summed E-state index contributed by atoms with van der Waals surface area (Å²) in [6.45, 7) is 0. The Morgan fingerprint density at radius 2 is 2.00 bits per heavy atom. The summed E-state index contributed by atoms with van der Waals surface area (Å²) in [6.07, 6.45) is 3.48. The number of amides is 1. The van der Waals surface area contributed by atoms with E-state index in [1.165, 1.54) is 0 Å². The fourth-order valence-corrected chi connectivity index (χ4v) is 0.812. The minimum Gasteiger partial charge on any atom is -0.367 e. The molecule has 0 aromatic carbocycles. The van der Waals surface area contributed by atoms with Crippen molar-refractivity contribution in [3.8, 4) is 0 Å². The van der Waals surface area contributed by atoms with Crippen LogP contribution in [-0.2, 0) is 4.79 Å². The molecule has 0 radical (unpaired) electrons. The van der Waals surface area contributed by atoms with E-state index >= 15 is 0 Å². The molecule has 3 nitrogen and oxygen atoms in total. The highest BCUT2D eigenvalue weighted by Gasteiger charge is 2.08. The van der Waals surface area contributed by atoms with E-state index in [1.807, 2.05) is 12.1 Å². The van der Waals surface area contributed by atoms with Gasteiger partial charge < -0.3 is 10.3 Å². The standard InChI is InChI=1S/C6H8N2OS/c7-5(9)6(10)8-3-1-2-4-8/h1-4,6,10H,(H2,7,9). The van der Waals surface area contributed by atoms with Crippen LogP contribution in [0.1, 0.15) is 5.37 Å². The molecule has 1 atom stereocenters. The Kier molecular flexibility index (Phi) is 2.01. The lowest BCUT2D eigenvalue weighted by atomic mass is 10.6. The molecule has 10 heavy (non-hydrogen) atoms. The van der Waals surface area contributed by atoms with Gasteiger partial charge in [-0.05, 0) is 12.1 Å². The molecule has 1 unspecified atom stereocenters. The minimum atomic E-state index is -0.546.